The van der Waals surface area contributed by atoms with Gasteiger partial charge < -0.3 is 14.9 Å². The number of carboxylic acids is 2. The molecule has 5 nitrogen and oxygen atoms in total. The molecule has 2 aromatic carbocycles. The fourth-order valence-electron chi connectivity index (χ4n) is 3.74. The summed E-state index contributed by atoms with van der Waals surface area (Å²) in [5.41, 5.74) is 2.13. The van der Waals surface area contributed by atoms with Crippen molar-refractivity contribution >= 4 is 46.1 Å². The molecule has 0 atom stereocenters. The van der Waals surface area contributed by atoms with Gasteiger partial charge in [-0.05, 0) is 43.7 Å². The number of rotatable bonds is 17. The Bertz CT molecular complexity index is 929. The molecular formula is C27H32O5S2. The maximum atomic E-state index is 11.0. The van der Waals surface area contributed by atoms with Crippen LogP contribution in [0, 0.1) is 0 Å². The molecule has 0 aliphatic rings. The lowest BCUT2D eigenvalue weighted by Gasteiger charge is -2.22. The number of unbranched alkanes of at least 4 members (excludes halogenated alkanes) is 3. The lowest BCUT2D eigenvalue weighted by molar-refractivity contribution is -0.137. The van der Waals surface area contributed by atoms with Gasteiger partial charge in [0, 0.05) is 28.1 Å². The van der Waals surface area contributed by atoms with Gasteiger partial charge in [0.05, 0.1) is 12.5 Å². The second kappa shape index (κ2) is 15.3. The average molecular weight is 501 g/mol. The van der Waals surface area contributed by atoms with Gasteiger partial charge in [0.1, 0.15) is 5.75 Å². The molecule has 2 aromatic rings. The molecule has 0 aromatic heterocycles. The number of benzene rings is 2. The van der Waals surface area contributed by atoms with E-state index in [4.69, 9.17) is 39.4 Å². The zero-order valence-corrected chi connectivity index (χ0v) is 20.9. The van der Waals surface area contributed by atoms with E-state index in [1.165, 1.54) is 5.56 Å². The summed E-state index contributed by atoms with van der Waals surface area (Å²) in [6.07, 6.45) is 5.52. The summed E-state index contributed by atoms with van der Waals surface area (Å²) in [5.74, 6) is -1.71. The summed E-state index contributed by atoms with van der Waals surface area (Å²) < 4.78 is 6.08. The molecule has 0 radical (unpaired) electrons. The number of hydrogen-bond donors (Lipinski definition) is 2. The highest BCUT2D eigenvalue weighted by molar-refractivity contribution is 7.82. The fraction of sp³-hybridized carbons (Fsp3) is 0.407. The maximum Gasteiger partial charge on any atom is 0.303 e. The Morgan fingerprint density at radius 3 is 1.91 bits per heavy atom. The Kier molecular flexibility index (Phi) is 12.4. The summed E-state index contributed by atoms with van der Waals surface area (Å²) in [5, 5.41) is 18.1. The highest BCUT2D eigenvalue weighted by atomic mass is 32.1. The Morgan fingerprint density at radius 1 is 0.735 bits per heavy atom. The molecule has 182 valence electrons. The SMILES string of the molecule is O=C(O)CCC(=S)C(C(=S)CCC(=O)O)c1ccccc1OCCCCCCc1ccccc1. The van der Waals surface area contributed by atoms with Gasteiger partial charge in [0.15, 0.2) is 0 Å². The van der Waals surface area contributed by atoms with Crippen LogP contribution >= 0.6 is 24.4 Å². The van der Waals surface area contributed by atoms with E-state index in [1.807, 2.05) is 30.3 Å². The van der Waals surface area contributed by atoms with E-state index < -0.39 is 17.9 Å². The van der Waals surface area contributed by atoms with Gasteiger partial charge in [-0.2, -0.15) is 0 Å². The Hall–Kier alpha value is -2.64. The topological polar surface area (TPSA) is 83.8 Å². The molecule has 0 saturated carbocycles. The average Bonchev–Trinajstić information content (AvgIpc) is 2.82. The van der Waals surface area contributed by atoms with Crippen LogP contribution in [0.25, 0.3) is 0 Å². The molecule has 0 aliphatic heterocycles. The van der Waals surface area contributed by atoms with Gasteiger partial charge in [-0.25, -0.2) is 0 Å². The van der Waals surface area contributed by atoms with Gasteiger partial charge >= 0.3 is 11.9 Å². The summed E-state index contributed by atoms with van der Waals surface area (Å²) in [4.78, 5) is 23.1. The highest BCUT2D eigenvalue weighted by Crippen LogP contribution is 2.32. The first-order chi connectivity index (χ1) is 16.4. The smallest absolute Gasteiger partial charge is 0.303 e. The van der Waals surface area contributed by atoms with Crippen molar-refractivity contribution in [1.29, 1.82) is 0 Å². The second-order valence-corrected chi connectivity index (χ2v) is 9.24. The van der Waals surface area contributed by atoms with Gasteiger partial charge in [0.25, 0.3) is 0 Å². The number of carbonyl (C=O) groups is 2. The van der Waals surface area contributed by atoms with Crippen LogP contribution in [0.15, 0.2) is 54.6 Å². The summed E-state index contributed by atoms with van der Waals surface area (Å²) in [6.45, 7) is 0.554. The van der Waals surface area contributed by atoms with Crippen LogP contribution in [-0.2, 0) is 16.0 Å². The lowest BCUT2D eigenvalue weighted by Crippen LogP contribution is -2.22. The molecule has 2 rings (SSSR count). The minimum Gasteiger partial charge on any atom is -0.493 e. The minimum atomic E-state index is -0.936. The zero-order chi connectivity index (χ0) is 24.8. The van der Waals surface area contributed by atoms with Crippen molar-refractivity contribution in [1.82, 2.24) is 0 Å². The normalized spacial score (nSPS) is 10.7. The van der Waals surface area contributed by atoms with E-state index in [-0.39, 0.29) is 25.7 Å². The number of thiocarbonyl (C=S) groups is 2. The Balaban J connectivity index is 1.95. The van der Waals surface area contributed by atoms with Gasteiger partial charge in [0.2, 0.25) is 0 Å². The van der Waals surface area contributed by atoms with Crippen molar-refractivity contribution in [2.24, 2.45) is 0 Å². The molecule has 2 N–H and O–H groups in total. The highest BCUT2D eigenvalue weighted by Gasteiger charge is 2.25. The number of carboxylic acid groups (broad SMARTS) is 2. The molecule has 0 bridgehead atoms. The number of para-hydroxylation sites is 1. The van der Waals surface area contributed by atoms with Crippen LogP contribution in [0.4, 0.5) is 0 Å². The second-order valence-electron chi connectivity index (χ2n) is 8.19. The molecule has 7 heteroatoms. The van der Waals surface area contributed by atoms with E-state index in [0.29, 0.717) is 22.1 Å². The predicted octanol–water partition coefficient (Wildman–Crippen LogP) is 6.42. The molecule has 0 spiro atoms. The molecule has 0 unspecified atom stereocenters. The summed E-state index contributed by atoms with van der Waals surface area (Å²) >= 11 is 11.1. The standard InChI is InChI=1S/C27H32O5S2/c28-25(29)17-15-23(33)27(24(34)16-18-26(30)31)21-13-7-8-14-22(21)32-19-9-2-1-4-10-20-11-5-3-6-12-20/h3,5-8,11-14,27H,1-2,4,9-10,15-19H2,(H,28,29)(H,30,31). The predicted molar refractivity (Wildman–Crippen MR) is 142 cm³/mol. The van der Waals surface area contributed by atoms with E-state index in [2.05, 4.69) is 24.3 Å². The molecular weight excluding hydrogens is 468 g/mol. The first kappa shape index (κ1) is 27.6. The van der Waals surface area contributed by atoms with E-state index in [1.54, 1.807) is 0 Å². The minimum absolute atomic E-state index is 0.0944. The van der Waals surface area contributed by atoms with Crippen molar-refractivity contribution in [3.8, 4) is 5.75 Å². The van der Waals surface area contributed by atoms with E-state index in [0.717, 1.165) is 37.7 Å². The van der Waals surface area contributed by atoms with Gasteiger partial charge in [-0.1, -0.05) is 85.8 Å². The molecule has 34 heavy (non-hydrogen) atoms. The van der Waals surface area contributed by atoms with Crippen LogP contribution in [0.3, 0.4) is 0 Å². The van der Waals surface area contributed by atoms with Crippen molar-refractivity contribution < 1.29 is 24.5 Å². The van der Waals surface area contributed by atoms with Crippen LogP contribution in [0.1, 0.15) is 68.4 Å². The number of aryl methyl sites for hydroxylation is 1. The quantitative estimate of drug-likeness (QED) is 0.191. The summed E-state index contributed by atoms with van der Waals surface area (Å²) in [7, 11) is 0. The van der Waals surface area contributed by atoms with E-state index >= 15 is 0 Å². The number of ether oxygens (including phenoxy) is 1. The van der Waals surface area contributed by atoms with Crippen molar-refractivity contribution in [2.45, 2.75) is 63.7 Å². The van der Waals surface area contributed by atoms with E-state index in [9.17, 15) is 9.59 Å². The third-order valence-corrected chi connectivity index (χ3v) is 6.38. The Morgan fingerprint density at radius 2 is 1.29 bits per heavy atom. The third kappa shape index (κ3) is 10.1. The fourth-order valence-corrected chi connectivity index (χ4v) is 4.55. The van der Waals surface area contributed by atoms with Crippen LogP contribution in [0.5, 0.6) is 5.75 Å². The largest absolute Gasteiger partial charge is 0.493 e. The molecule has 0 amide bonds. The van der Waals surface area contributed by atoms with Crippen LogP contribution < -0.4 is 4.74 Å². The number of hydrogen-bond acceptors (Lipinski definition) is 5. The van der Waals surface area contributed by atoms with Crippen LogP contribution in [-0.4, -0.2) is 38.5 Å². The molecule has 0 aliphatic carbocycles. The molecule has 0 heterocycles. The lowest BCUT2D eigenvalue weighted by atomic mass is 9.87. The first-order valence-corrected chi connectivity index (χ1v) is 12.4. The maximum absolute atomic E-state index is 11.0. The molecule has 0 fully saturated rings. The van der Waals surface area contributed by atoms with Crippen molar-refractivity contribution in [2.75, 3.05) is 6.61 Å². The third-order valence-electron chi connectivity index (χ3n) is 5.50. The number of aliphatic carboxylic acids is 2. The zero-order valence-electron chi connectivity index (χ0n) is 19.3. The first-order valence-electron chi connectivity index (χ1n) is 11.6. The van der Waals surface area contributed by atoms with Crippen molar-refractivity contribution in [3.63, 3.8) is 0 Å². The van der Waals surface area contributed by atoms with Crippen LogP contribution in [0.2, 0.25) is 0 Å². The van der Waals surface area contributed by atoms with Crippen molar-refractivity contribution in [3.05, 3.63) is 65.7 Å². The molecule has 0 saturated heterocycles. The Labute approximate surface area is 212 Å². The summed E-state index contributed by atoms with van der Waals surface area (Å²) in [6, 6.07) is 17.9. The van der Waals surface area contributed by atoms with Gasteiger partial charge in [-0.15, -0.1) is 0 Å². The monoisotopic (exact) mass is 500 g/mol. The van der Waals surface area contributed by atoms with Gasteiger partial charge in [-0.3, -0.25) is 9.59 Å².